The summed E-state index contributed by atoms with van der Waals surface area (Å²) in [7, 11) is 0. The molecule has 0 radical (unpaired) electrons. The molecule has 0 bridgehead atoms. The topological polar surface area (TPSA) is 35.5 Å². The number of hydrogen-bond donors (Lipinski definition) is 0. The number of carbonyl (C=O) groups excluding carboxylic acids is 1. The molecule has 0 aliphatic carbocycles. The Morgan fingerprint density at radius 2 is 1.68 bits per heavy atom. The van der Waals surface area contributed by atoms with Crippen LogP contribution in [-0.4, -0.2) is 12.6 Å². The maximum Gasteiger partial charge on any atom is 0.338 e. The van der Waals surface area contributed by atoms with E-state index in [-0.39, 0.29) is 5.97 Å². The van der Waals surface area contributed by atoms with Gasteiger partial charge in [0.15, 0.2) is 0 Å². The number of para-hydroxylation sites is 1. The molecule has 0 saturated carbocycles. The van der Waals surface area contributed by atoms with Crippen LogP contribution in [0.1, 0.15) is 22.8 Å². The molecule has 19 heavy (non-hydrogen) atoms. The van der Waals surface area contributed by atoms with Crippen molar-refractivity contribution in [3.05, 3.63) is 65.7 Å². The molecule has 3 heteroatoms. The van der Waals surface area contributed by atoms with E-state index in [9.17, 15) is 4.79 Å². The van der Waals surface area contributed by atoms with Gasteiger partial charge in [-0.3, -0.25) is 0 Å². The largest absolute Gasteiger partial charge is 0.489 e. The Balaban J connectivity index is 2.10. The van der Waals surface area contributed by atoms with Crippen molar-refractivity contribution in [3.8, 4) is 5.75 Å². The Kier molecular flexibility index (Phi) is 4.56. The van der Waals surface area contributed by atoms with Crippen LogP contribution in [0.5, 0.6) is 5.75 Å². The van der Waals surface area contributed by atoms with Gasteiger partial charge in [-0.2, -0.15) is 0 Å². The molecule has 0 amide bonds. The van der Waals surface area contributed by atoms with Crippen LogP contribution in [0.25, 0.3) is 0 Å². The number of hydrogen-bond acceptors (Lipinski definition) is 3. The minimum atomic E-state index is -0.310. The third-order valence-corrected chi connectivity index (χ3v) is 2.65. The minimum Gasteiger partial charge on any atom is -0.489 e. The monoisotopic (exact) mass is 256 g/mol. The Labute approximate surface area is 112 Å². The van der Waals surface area contributed by atoms with Gasteiger partial charge in [0.2, 0.25) is 0 Å². The van der Waals surface area contributed by atoms with Crippen LogP contribution in [0, 0.1) is 0 Å². The van der Waals surface area contributed by atoms with Crippen molar-refractivity contribution in [1.82, 2.24) is 0 Å². The van der Waals surface area contributed by atoms with Crippen molar-refractivity contribution in [3.63, 3.8) is 0 Å². The Morgan fingerprint density at radius 1 is 1.00 bits per heavy atom. The summed E-state index contributed by atoms with van der Waals surface area (Å²) in [5.74, 6) is 0.468. The van der Waals surface area contributed by atoms with Gasteiger partial charge in [0.05, 0.1) is 12.2 Å². The van der Waals surface area contributed by atoms with Crippen molar-refractivity contribution in [2.75, 3.05) is 6.61 Å². The first-order valence-electron chi connectivity index (χ1n) is 6.24. The zero-order valence-electron chi connectivity index (χ0n) is 10.8. The van der Waals surface area contributed by atoms with E-state index >= 15 is 0 Å². The van der Waals surface area contributed by atoms with Gasteiger partial charge in [0, 0.05) is 5.56 Å². The third kappa shape index (κ3) is 3.58. The molecule has 2 rings (SSSR count). The van der Waals surface area contributed by atoms with Gasteiger partial charge < -0.3 is 9.47 Å². The van der Waals surface area contributed by atoms with Crippen LogP contribution >= 0.6 is 0 Å². The predicted molar refractivity (Wildman–Crippen MR) is 73.2 cm³/mol. The van der Waals surface area contributed by atoms with Crippen molar-refractivity contribution in [2.24, 2.45) is 0 Å². The fraction of sp³-hybridized carbons (Fsp3) is 0.188. The van der Waals surface area contributed by atoms with Gasteiger partial charge in [-0.05, 0) is 25.1 Å². The highest BCUT2D eigenvalue weighted by molar-refractivity contribution is 5.91. The van der Waals surface area contributed by atoms with Crippen molar-refractivity contribution < 1.29 is 14.3 Å². The first-order chi connectivity index (χ1) is 9.31. The summed E-state index contributed by atoms with van der Waals surface area (Å²) in [6.07, 6.45) is 0. The average molecular weight is 256 g/mol. The van der Waals surface area contributed by atoms with Crippen LogP contribution in [0.2, 0.25) is 0 Å². The second-order valence-electron chi connectivity index (χ2n) is 3.98. The second-order valence-corrected chi connectivity index (χ2v) is 3.98. The van der Waals surface area contributed by atoms with Gasteiger partial charge >= 0.3 is 5.97 Å². The van der Waals surface area contributed by atoms with Gasteiger partial charge in [-0.25, -0.2) is 4.79 Å². The van der Waals surface area contributed by atoms with Gasteiger partial charge in [0.1, 0.15) is 12.4 Å². The van der Waals surface area contributed by atoms with Crippen LogP contribution in [0.15, 0.2) is 54.6 Å². The van der Waals surface area contributed by atoms with Crippen LogP contribution < -0.4 is 4.74 Å². The SMILES string of the molecule is CCOC(=O)c1ccccc1COc1ccccc1. The molecule has 0 aromatic heterocycles. The molecule has 0 aliphatic rings. The Bertz CT molecular complexity index is 535. The molecule has 0 aliphatic heterocycles. The van der Waals surface area contributed by atoms with E-state index in [1.54, 1.807) is 13.0 Å². The van der Waals surface area contributed by atoms with Crippen LogP contribution in [-0.2, 0) is 11.3 Å². The van der Waals surface area contributed by atoms with Crippen molar-refractivity contribution in [2.45, 2.75) is 13.5 Å². The highest BCUT2D eigenvalue weighted by Crippen LogP contribution is 2.15. The van der Waals surface area contributed by atoms with E-state index in [0.29, 0.717) is 18.8 Å². The lowest BCUT2D eigenvalue weighted by Crippen LogP contribution is -2.09. The van der Waals surface area contributed by atoms with Crippen molar-refractivity contribution in [1.29, 1.82) is 0 Å². The number of esters is 1. The molecule has 3 nitrogen and oxygen atoms in total. The average Bonchev–Trinajstić information content (AvgIpc) is 2.47. The Morgan fingerprint density at radius 3 is 2.42 bits per heavy atom. The summed E-state index contributed by atoms with van der Waals surface area (Å²) in [6.45, 7) is 2.51. The maximum absolute atomic E-state index is 11.8. The molecule has 0 heterocycles. The molecular formula is C16H16O3. The molecule has 0 saturated heterocycles. The zero-order valence-corrected chi connectivity index (χ0v) is 10.8. The highest BCUT2D eigenvalue weighted by Gasteiger charge is 2.11. The van der Waals surface area contributed by atoms with Gasteiger partial charge in [0.25, 0.3) is 0 Å². The predicted octanol–water partition coefficient (Wildman–Crippen LogP) is 3.44. The molecule has 0 atom stereocenters. The lowest BCUT2D eigenvalue weighted by Gasteiger charge is -2.10. The summed E-state index contributed by atoms with van der Waals surface area (Å²) >= 11 is 0. The summed E-state index contributed by atoms with van der Waals surface area (Å²) in [4.78, 5) is 11.8. The minimum absolute atomic E-state index is 0.310. The molecule has 2 aromatic rings. The summed E-state index contributed by atoms with van der Waals surface area (Å²) in [6, 6.07) is 16.8. The smallest absolute Gasteiger partial charge is 0.338 e. The molecule has 2 aromatic carbocycles. The number of ether oxygens (including phenoxy) is 2. The maximum atomic E-state index is 11.8. The van der Waals surface area contributed by atoms with Gasteiger partial charge in [-0.1, -0.05) is 36.4 Å². The molecule has 98 valence electrons. The van der Waals surface area contributed by atoms with Crippen molar-refractivity contribution >= 4 is 5.97 Å². The fourth-order valence-electron chi connectivity index (χ4n) is 1.73. The normalized spacial score (nSPS) is 9.95. The van der Waals surface area contributed by atoms with E-state index in [4.69, 9.17) is 9.47 Å². The summed E-state index contributed by atoms with van der Waals surface area (Å²) in [5.41, 5.74) is 1.38. The van der Waals surface area contributed by atoms with Gasteiger partial charge in [-0.15, -0.1) is 0 Å². The molecule has 0 spiro atoms. The fourth-order valence-corrected chi connectivity index (χ4v) is 1.73. The second kappa shape index (κ2) is 6.59. The quantitative estimate of drug-likeness (QED) is 0.769. The standard InChI is InChI=1S/C16H16O3/c1-2-18-16(17)15-11-7-6-8-13(15)12-19-14-9-4-3-5-10-14/h3-11H,2,12H2,1H3. The Hall–Kier alpha value is -2.29. The van der Waals surface area contributed by atoms with E-state index in [0.717, 1.165) is 11.3 Å². The van der Waals surface area contributed by atoms with Crippen LogP contribution in [0.4, 0.5) is 0 Å². The summed E-state index contributed by atoms with van der Waals surface area (Å²) < 4.78 is 10.7. The number of benzene rings is 2. The van der Waals surface area contributed by atoms with E-state index in [1.165, 1.54) is 0 Å². The first-order valence-corrected chi connectivity index (χ1v) is 6.24. The van der Waals surface area contributed by atoms with E-state index in [2.05, 4.69) is 0 Å². The highest BCUT2D eigenvalue weighted by atomic mass is 16.5. The first kappa shape index (κ1) is 13.1. The van der Waals surface area contributed by atoms with Crippen LogP contribution in [0.3, 0.4) is 0 Å². The zero-order chi connectivity index (χ0) is 13.5. The lowest BCUT2D eigenvalue weighted by atomic mass is 10.1. The summed E-state index contributed by atoms with van der Waals surface area (Å²) in [5, 5.41) is 0. The lowest BCUT2D eigenvalue weighted by molar-refractivity contribution is 0.0523. The molecule has 0 fully saturated rings. The van der Waals surface area contributed by atoms with E-state index < -0.39 is 0 Å². The molecule has 0 N–H and O–H groups in total. The molecular weight excluding hydrogens is 240 g/mol. The molecule has 0 unspecified atom stereocenters. The van der Waals surface area contributed by atoms with E-state index in [1.807, 2.05) is 48.5 Å². The third-order valence-electron chi connectivity index (χ3n) is 2.65. The number of rotatable bonds is 5. The number of carbonyl (C=O) groups is 1.